The minimum atomic E-state index is 0.359. The Balaban J connectivity index is 2.97. The third-order valence-electron chi connectivity index (χ3n) is 1.63. The number of oxazole rings is 1. The molecular formula is C8H6ClNOS. The lowest BCUT2D eigenvalue weighted by atomic mass is 10.2. The average Bonchev–Trinajstić information content (AvgIpc) is 2.29. The standard InChI is InChI=1S/C8H6ClNOS/c1-4-2-5(9)7-6(3-4)11-8(12)10-7/h2-3H,1H3,(H,10,12). The smallest absolute Gasteiger partial charge is 0.266 e. The van der Waals surface area contributed by atoms with E-state index in [2.05, 4.69) is 4.98 Å². The molecular weight excluding hydrogens is 194 g/mol. The molecule has 0 aliphatic rings. The molecule has 2 rings (SSSR count). The van der Waals surface area contributed by atoms with Crippen molar-refractivity contribution in [3.05, 3.63) is 27.6 Å². The summed E-state index contributed by atoms with van der Waals surface area (Å²) in [6, 6.07) is 3.76. The van der Waals surface area contributed by atoms with Gasteiger partial charge in [0.2, 0.25) is 0 Å². The van der Waals surface area contributed by atoms with E-state index in [1.54, 1.807) is 0 Å². The molecule has 0 radical (unpaired) electrons. The van der Waals surface area contributed by atoms with Crippen LogP contribution in [0.15, 0.2) is 16.5 Å². The first kappa shape index (κ1) is 7.83. The summed E-state index contributed by atoms with van der Waals surface area (Å²) in [5.41, 5.74) is 2.54. The van der Waals surface area contributed by atoms with Gasteiger partial charge in [-0.2, -0.15) is 0 Å². The maximum absolute atomic E-state index is 5.94. The first-order valence-electron chi connectivity index (χ1n) is 3.46. The number of halogens is 1. The quantitative estimate of drug-likeness (QED) is 0.659. The van der Waals surface area contributed by atoms with Crippen LogP contribution in [-0.4, -0.2) is 4.98 Å². The molecule has 2 aromatic rings. The number of fused-ring (bicyclic) bond motifs is 1. The molecule has 2 nitrogen and oxygen atoms in total. The highest BCUT2D eigenvalue weighted by atomic mass is 35.5. The van der Waals surface area contributed by atoms with Crippen LogP contribution in [-0.2, 0) is 0 Å². The zero-order chi connectivity index (χ0) is 8.72. The summed E-state index contributed by atoms with van der Waals surface area (Å²) in [7, 11) is 0. The van der Waals surface area contributed by atoms with E-state index in [1.807, 2.05) is 19.1 Å². The molecule has 0 bridgehead atoms. The highest BCUT2D eigenvalue weighted by Crippen LogP contribution is 2.24. The van der Waals surface area contributed by atoms with Crippen LogP contribution in [0.2, 0.25) is 5.02 Å². The fourth-order valence-electron chi connectivity index (χ4n) is 1.14. The van der Waals surface area contributed by atoms with Gasteiger partial charge < -0.3 is 9.40 Å². The monoisotopic (exact) mass is 199 g/mol. The molecule has 0 unspecified atom stereocenters. The summed E-state index contributed by atoms with van der Waals surface area (Å²) in [4.78, 5) is 3.23. The Labute approximate surface area is 79.2 Å². The zero-order valence-corrected chi connectivity index (χ0v) is 7.92. The van der Waals surface area contributed by atoms with Crippen LogP contribution < -0.4 is 0 Å². The minimum Gasteiger partial charge on any atom is -0.429 e. The van der Waals surface area contributed by atoms with E-state index in [-0.39, 0.29) is 0 Å². The summed E-state index contributed by atoms with van der Waals surface area (Å²) in [6.07, 6.45) is 0. The second-order valence-electron chi connectivity index (χ2n) is 2.63. The molecule has 1 aromatic heterocycles. The molecule has 1 heterocycles. The largest absolute Gasteiger partial charge is 0.429 e. The number of aromatic amines is 1. The number of aryl methyl sites for hydroxylation is 1. The van der Waals surface area contributed by atoms with E-state index < -0.39 is 0 Å². The molecule has 1 N–H and O–H groups in total. The van der Waals surface area contributed by atoms with Crippen LogP contribution in [0.3, 0.4) is 0 Å². The van der Waals surface area contributed by atoms with Gasteiger partial charge in [0, 0.05) is 0 Å². The van der Waals surface area contributed by atoms with Crippen LogP contribution >= 0.6 is 23.8 Å². The second-order valence-corrected chi connectivity index (χ2v) is 3.41. The normalized spacial score (nSPS) is 10.8. The van der Waals surface area contributed by atoms with E-state index in [0.29, 0.717) is 15.4 Å². The first-order chi connectivity index (χ1) is 5.66. The minimum absolute atomic E-state index is 0.359. The molecule has 0 fully saturated rings. The highest BCUT2D eigenvalue weighted by molar-refractivity contribution is 7.71. The fraction of sp³-hybridized carbons (Fsp3) is 0.125. The Morgan fingerprint density at radius 2 is 2.25 bits per heavy atom. The van der Waals surface area contributed by atoms with Crippen molar-refractivity contribution in [2.24, 2.45) is 0 Å². The number of nitrogens with one attached hydrogen (secondary N) is 1. The summed E-state index contributed by atoms with van der Waals surface area (Å²) < 4.78 is 5.20. The van der Waals surface area contributed by atoms with E-state index in [9.17, 15) is 0 Å². The van der Waals surface area contributed by atoms with Gasteiger partial charge in [-0.25, -0.2) is 0 Å². The molecule has 1 aromatic carbocycles. The third kappa shape index (κ3) is 1.15. The maximum atomic E-state index is 5.94. The van der Waals surface area contributed by atoms with Crippen molar-refractivity contribution < 1.29 is 4.42 Å². The maximum Gasteiger partial charge on any atom is 0.266 e. The van der Waals surface area contributed by atoms with Crippen molar-refractivity contribution in [1.82, 2.24) is 4.98 Å². The molecule has 4 heteroatoms. The number of rotatable bonds is 0. The van der Waals surface area contributed by atoms with Crippen molar-refractivity contribution >= 4 is 34.9 Å². The number of benzene rings is 1. The van der Waals surface area contributed by atoms with Gasteiger partial charge in [0.25, 0.3) is 4.84 Å². The molecule has 0 saturated carbocycles. The number of H-pyrrole nitrogens is 1. The molecule has 0 amide bonds. The van der Waals surface area contributed by atoms with Gasteiger partial charge in [-0.1, -0.05) is 11.6 Å². The number of hydrogen-bond donors (Lipinski definition) is 1. The Morgan fingerprint density at radius 1 is 1.50 bits per heavy atom. The molecule has 0 spiro atoms. The van der Waals surface area contributed by atoms with Gasteiger partial charge >= 0.3 is 0 Å². The third-order valence-corrected chi connectivity index (χ3v) is 2.11. The fourth-order valence-corrected chi connectivity index (χ4v) is 1.64. The van der Waals surface area contributed by atoms with E-state index >= 15 is 0 Å². The van der Waals surface area contributed by atoms with Gasteiger partial charge in [-0.3, -0.25) is 0 Å². The van der Waals surface area contributed by atoms with Gasteiger partial charge in [0.1, 0.15) is 5.52 Å². The van der Waals surface area contributed by atoms with Crippen molar-refractivity contribution in [3.63, 3.8) is 0 Å². The second kappa shape index (κ2) is 2.61. The van der Waals surface area contributed by atoms with Crippen LogP contribution in [0.5, 0.6) is 0 Å². The Kier molecular flexibility index (Phi) is 1.70. The SMILES string of the molecule is Cc1cc(Cl)c2[nH]c(=S)oc2c1. The molecule has 0 atom stereocenters. The van der Waals surface area contributed by atoms with Crippen molar-refractivity contribution in [1.29, 1.82) is 0 Å². The van der Waals surface area contributed by atoms with Gasteiger partial charge in [0.15, 0.2) is 5.58 Å². The summed E-state index contributed by atoms with van der Waals surface area (Å²) in [6.45, 7) is 1.96. The Morgan fingerprint density at radius 3 is 3.00 bits per heavy atom. The van der Waals surface area contributed by atoms with Crippen LogP contribution in [0, 0.1) is 11.8 Å². The zero-order valence-electron chi connectivity index (χ0n) is 6.35. The topological polar surface area (TPSA) is 28.9 Å². The van der Waals surface area contributed by atoms with Crippen LogP contribution in [0.4, 0.5) is 0 Å². The van der Waals surface area contributed by atoms with Crippen LogP contribution in [0.25, 0.3) is 11.1 Å². The molecule has 0 saturated heterocycles. The van der Waals surface area contributed by atoms with Gasteiger partial charge in [0.05, 0.1) is 5.02 Å². The summed E-state index contributed by atoms with van der Waals surface area (Å²) in [5, 5.41) is 0.643. The molecule has 0 aliphatic heterocycles. The van der Waals surface area contributed by atoms with E-state index in [0.717, 1.165) is 11.1 Å². The number of hydrogen-bond acceptors (Lipinski definition) is 2. The number of aromatic nitrogens is 1. The summed E-state index contributed by atoms with van der Waals surface area (Å²) >= 11 is 10.8. The van der Waals surface area contributed by atoms with Crippen molar-refractivity contribution in [3.8, 4) is 0 Å². The first-order valence-corrected chi connectivity index (χ1v) is 4.24. The lowest BCUT2D eigenvalue weighted by Crippen LogP contribution is -1.74. The predicted octanol–water partition coefficient (Wildman–Crippen LogP) is 3.45. The van der Waals surface area contributed by atoms with Gasteiger partial charge in [-0.05, 0) is 36.8 Å². The van der Waals surface area contributed by atoms with Gasteiger partial charge in [-0.15, -0.1) is 0 Å². The predicted molar refractivity (Wildman–Crippen MR) is 51.1 cm³/mol. The lowest BCUT2D eigenvalue weighted by Gasteiger charge is -1.93. The average molecular weight is 200 g/mol. The molecule has 12 heavy (non-hydrogen) atoms. The summed E-state index contributed by atoms with van der Waals surface area (Å²) in [5.74, 6) is 0. The van der Waals surface area contributed by atoms with E-state index in [1.165, 1.54) is 0 Å². The lowest BCUT2D eigenvalue weighted by molar-refractivity contribution is 0.583. The Hall–Kier alpha value is -0.800. The molecule has 0 aliphatic carbocycles. The van der Waals surface area contributed by atoms with E-state index in [4.69, 9.17) is 28.2 Å². The van der Waals surface area contributed by atoms with Crippen molar-refractivity contribution in [2.45, 2.75) is 6.92 Å². The Bertz CT molecular complexity index is 485. The van der Waals surface area contributed by atoms with Crippen LogP contribution in [0.1, 0.15) is 5.56 Å². The highest BCUT2D eigenvalue weighted by Gasteiger charge is 2.03. The van der Waals surface area contributed by atoms with Crippen molar-refractivity contribution in [2.75, 3.05) is 0 Å². The molecule has 62 valence electrons.